The molecule has 2 atom stereocenters. The minimum atomic E-state index is -0.398. The highest BCUT2D eigenvalue weighted by atomic mass is 16.6. The highest BCUT2D eigenvalue weighted by Crippen LogP contribution is 2.31. The Kier molecular flexibility index (Phi) is 3.63. The van der Waals surface area contributed by atoms with Crippen molar-refractivity contribution >= 4 is 11.6 Å². The topological polar surface area (TPSA) is 75.5 Å². The Morgan fingerprint density at radius 1 is 1.33 bits per heavy atom. The molecule has 0 radical (unpaired) electrons. The zero-order valence-electron chi connectivity index (χ0n) is 12.0. The first-order valence-corrected chi connectivity index (χ1v) is 7.34. The summed E-state index contributed by atoms with van der Waals surface area (Å²) in [7, 11) is 0. The summed E-state index contributed by atoms with van der Waals surface area (Å²) in [5.74, 6) is 0.242. The van der Waals surface area contributed by atoms with E-state index in [2.05, 4.69) is 5.32 Å². The number of nitrogens with one attached hydrogen (secondary N) is 1. The van der Waals surface area contributed by atoms with Gasteiger partial charge in [-0.25, -0.2) is 0 Å². The number of hydrogen-bond donors (Lipinski definition) is 1. The van der Waals surface area contributed by atoms with E-state index in [1.807, 2.05) is 11.8 Å². The summed E-state index contributed by atoms with van der Waals surface area (Å²) in [4.78, 5) is 24.2. The Morgan fingerprint density at radius 2 is 2.00 bits per heavy atom. The van der Waals surface area contributed by atoms with Crippen LogP contribution in [0.5, 0.6) is 0 Å². The van der Waals surface area contributed by atoms with Crippen molar-refractivity contribution in [2.24, 2.45) is 0 Å². The zero-order chi connectivity index (χ0) is 15.0. The number of nitrogens with zero attached hydrogens (tertiary/aromatic N) is 2. The van der Waals surface area contributed by atoms with Crippen LogP contribution in [-0.2, 0) is 4.79 Å². The molecule has 112 valence electrons. The standard InChI is InChI=1S/C15H19N3O3/c1-10(11-2-4-14(5-3-11)18(20)21)16-12-8-15(19)17(9-12)13-6-7-13/h2-5,10,12-13,16H,6-9H2,1H3/t10-,12+/m1/s1. The monoisotopic (exact) mass is 289 g/mol. The SMILES string of the molecule is C[C@@H](N[C@H]1CC(=O)N(C2CC2)C1)c1ccc([N+](=O)[O-])cc1. The smallest absolute Gasteiger partial charge is 0.269 e. The average Bonchev–Trinajstić information content (AvgIpc) is 3.23. The quantitative estimate of drug-likeness (QED) is 0.664. The van der Waals surface area contributed by atoms with Crippen molar-refractivity contribution in [2.75, 3.05) is 6.54 Å². The van der Waals surface area contributed by atoms with Gasteiger partial charge in [0.25, 0.3) is 5.69 Å². The molecule has 1 aliphatic carbocycles. The van der Waals surface area contributed by atoms with Crippen LogP contribution >= 0.6 is 0 Å². The molecule has 1 heterocycles. The normalized spacial score (nSPS) is 23.4. The van der Waals surface area contributed by atoms with E-state index in [0.29, 0.717) is 12.5 Å². The minimum absolute atomic E-state index is 0.0720. The first-order valence-electron chi connectivity index (χ1n) is 7.34. The number of rotatable bonds is 5. The second-order valence-corrected chi connectivity index (χ2v) is 5.92. The molecular weight excluding hydrogens is 270 g/mol. The van der Waals surface area contributed by atoms with Gasteiger partial charge < -0.3 is 10.2 Å². The van der Waals surface area contributed by atoms with E-state index in [1.165, 1.54) is 12.1 Å². The van der Waals surface area contributed by atoms with Crippen LogP contribution < -0.4 is 5.32 Å². The van der Waals surface area contributed by atoms with Crippen LogP contribution in [-0.4, -0.2) is 34.4 Å². The van der Waals surface area contributed by atoms with Crippen LogP contribution in [0.15, 0.2) is 24.3 Å². The summed E-state index contributed by atoms with van der Waals surface area (Å²) in [5.41, 5.74) is 1.10. The average molecular weight is 289 g/mol. The third kappa shape index (κ3) is 3.05. The van der Waals surface area contributed by atoms with Crippen molar-refractivity contribution in [3.63, 3.8) is 0 Å². The number of likely N-dealkylation sites (tertiary alicyclic amines) is 1. The summed E-state index contributed by atoms with van der Waals surface area (Å²) in [5, 5.41) is 14.1. The van der Waals surface area contributed by atoms with Crippen LogP contribution in [0.3, 0.4) is 0 Å². The van der Waals surface area contributed by atoms with Gasteiger partial charge in [0.1, 0.15) is 0 Å². The number of benzene rings is 1. The molecule has 0 spiro atoms. The van der Waals surface area contributed by atoms with Crippen molar-refractivity contribution in [3.8, 4) is 0 Å². The molecule has 1 saturated carbocycles. The van der Waals surface area contributed by atoms with E-state index in [0.717, 1.165) is 24.9 Å². The molecule has 6 heteroatoms. The van der Waals surface area contributed by atoms with Crippen LogP contribution in [0.4, 0.5) is 5.69 Å². The number of amides is 1. The second-order valence-electron chi connectivity index (χ2n) is 5.92. The number of carbonyl (C=O) groups is 1. The summed E-state index contributed by atoms with van der Waals surface area (Å²) in [6.07, 6.45) is 2.82. The van der Waals surface area contributed by atoms with Crippen molar-refractivity contribution in [2.45, 2.75) is 44.3 Å². The maximum atomic E-state index is 11.9. The third-order valence-electron chi connectivity index (χ3n) is 4.24. The fourth-order valence-electron chi connectivity index (χ4n) is 2.92. The minimum Gasteiger partial charge on any atom is -0.338 e. The molecule has 3 rings (SSSR count). The number of non-ortho nitro benzene ring substituents is 1. The van der Waals surface area contributed by atoms with Crippen molar-refractivity contribution in [1.29, 1.82) is 0 Å². The number of nitro groups is 1. The van der Waals surface area contributed by atoms with Crippen LogP contribution in [0, 0.1) is 10.1 Å². The van der Waals surface area contributed by atoms with Gasteiger partial charge in [0.05, 0.1) is 4.92 Å². The van der Waals surface area contributed by atoms with Gasteiger partial charge in [-0.15, -0.1) is 0 Å². The highest BCUT2D eigenvalue weighted by molar-refractivity contribution is 5.80. The molecule has 6 nitrogen and oxygen atoms in total. The molecule has 21 heavy (non-hydrogen) atoms. The first kappa shape index (κ1) is 14.0. The van der Waals surface area contributed by atoms with Gasteiger partial charge in [-0.05, 0) is 25.3 Å². The predicted molar refractivity (Wildman–Crippen MR) is 77.8 cm³/mol. The third-order valence-corrected chi connectivity index (χ3v) is 4.24. The van der Waals surface area contributed by atoms with Gasteiger partial charge >= 0.3 is 0 Å². The molecule has 0 unspecified atom stereocenters. The first-order chi connectivity index (χ1) is 10.0. The summed E-state index contributed by atoms with van der Waals surface area (Å²) >= 11 is 0. The van der Waals surface area contributed by atoms with E-state index in [1.54, 1.807) is 12.1 Å². The molecule has 2 aliphatic rings. The van der Waals surface area contributed by atoms with Crippen LogP contribution in [0.25, 0.3) is 0 Å². The largest absolute Gasteiger partial charge is 0.338 e. The number of carbonyl (C=O) groups excluding carboxylic acids is 1. The van der Waals surface area contributed by atoms with Crippen molar-refractivity contribution < 1.29 is 9.72 Å². The predicted octanol–water partition coefficient (Wildman–Crippen LogP) is 2.01. The Hall–Kier alpha value is -1.95. The lowest BCUT2D eigenvalue weighted by Crippen LogP contribution is -2.35. The van der Waals surface area contributed by atoms with Crippen LogP contribution in [0.1, 0.15) is 37.8 Å². The maximum absolute atomic E-state index is 11.9. The Bertz CT molecular complexity index is 554. The fourth-order valence-corrected chi connectivity index (χ4v) is 2.92. The van der Waals surface area contributed by atoms with E-state index >= 15 is 0 Å². The lowest BCUT2D eigenvalue weighted by molar-refractivity contribution is -0.384. The van der Waals surface area contributed by atoms with E-state index in [-0.39, 0.29) is 23.7 Å². The molecule has 0 aromatic heterocycles. The van der Waals surface area contributed by atoms with Crippen molar-refractivity contribution in [1.82, 2.24) is 10.2 Å². The molecular formula is C15H19N3O3. The fraction of sp³-hybridized carbons (Fsp3) is 0.533. The van der Waals surface area contributed by atoms with E-state index in [4.69, 9.17) is 0 Å². The summed E-state index contributed by atoms with van der Waals surface area (Å²) in [6, 6.07) is 7.29. The molecule has 1 aromatic rings. The number of hydrogen-bond acceptors (Lipinski definition) is 4. The van der Waals surface area contributed by atoms with Gasteiger partial charge in [0.15, 0.2) is 0 Å². The molecule has 1 saturated heterocycles. The van der Waals surface area contributed by atoms with Gasteiger partial charge in [0, 0.05) is 43.2 Å². The van der Waals surface area contributed by atoms with Gasteiger partial charge in [-0.3, -0.25) is 14.9 Å². The lowest BCUT2D eigenvalue weighted by Gasteiger charge is -2.20. The zero-order valence-corrected chi connectivity index (χ0v) is 12.0. The Balaban J connectivity index is 1.59. The summed E-state index contributed by atoms with van der Waals surface area (Å²) in [6.45, 7) is 2.80. The number of nitro benzene ring substituents is 1. The maximum Gasteiger partial charge on any atom is 0.269 e. The molecule has 1 amide bonds. The Labute approximate surface area is 123 Å². The molecule has 1 aliphatic heterocycles. The van der Waals surface area contributed by atoms with Gasteiger partial charge in [0.2, 0.25) is 5.91 Å². The van der Waals surface area contributed by atoms with Crippen LogP contribution in [0.2, 0.25) is 0 Å². The summed E-state index contributed by atoms with van der Waals surface area (Å²) < 4.78 is 0. The molecule has 0 bridgehead atoms. The highest BCUT2D eigenvalue weighted by Gasteiger charge is 2.39. The molecule has 2 fully saturated rings. The van der Waals surface area contributed by atoms with Gasteiger partial charge in [-0.1, -0.05) is 12.1 Å². The Morgan fingerprint density at radius 3 is 2.57 bits per heavy atom. The molecule has 1 aromatic carbocycles. The van der Waals surface area contributed by atoms with Crippen molar-refractivity contribution in [3.05, 3.63) is 39.9 Å². The van der Waals surface area contributed by atoms with Gasteiger partial charge in [-0.2, -0.15) is 0 Å². The van der Waals surface area contributed by atoms with E-state index < -0.39 is 4.92 Å². The van der Waals surface area contributed by atoms with E-state index in [9.17, 15) is 14.9 Å². The molecule has 1 N–H and O–H groups in total. The second kappa shape index (κ2) is 5.44. The lowest BCUT2D eigenvalue weighted by atomic mass is 10.1.